The lowest BCUT2D eigenvalue weighted by atomic mass is 10.1. The molecule has 0 unspecified atom stereocenters. The summed E-state index contributed by atoms with van der Waals surface area (Å²) in [6.07, 6.45) is -2.39. The second-order valence-electron chi connectivity index (χ2n) is 2.56. The highest BCUT2D eigenvalue weighted by Gasteiger charge is 2.28. The Morgan fingerprint density at radius 1 is 1.62 bits per heavy atom. The number of carbonyl (C=O) groups excluding carboxylic acids is 1. The van der Waals surface area contributed by atoms with Gasteiger partial charge in [-0.3, -0.25) is 4.79 Å². The molecule has 0 aromatic carbocycles. The van der Waals surface area contributed by atoms with Crippen molar-refractivity contribution < 1.29 is 18.5 Å². The molecule has 0 radical (unpaired) electrons. The molecule has 0 aliphatic heterocycles. The molecule has 1 rings (SSSR count). The Morgan fingerprint density at radius 2 is 2.19 bits per heavy atom. The maximum absolute atomic E-state index is 12.5. The first-order valence-electron chi connectivity index (χ1n) is 3.67. The van der Waals surface area contributed by atoms with E-state index in [1.807, 2.05) is 0 Å². The molecule has 0 saturated heterocycles. The number of hydrogen-bond donors (Lipinski definition) is 0. The SMILES string of the molecule is O=C(Cl)c1c(C(F)F)cnc([N+](=O)[O-])c1I. The zero-order chi connectivity index (χ0) is 12.5. The van der Waals surface area contributed by atoms with Gasteiger partial charge >= 0.3 is 5.82 Å². The number of hydrogen-bond acceptors (Lipinski definition) is 4. The molecule has 9 heteroatoms. The third-order valence-electron chi connectivity index (χ3n) is 1.63. The molecule has 0 fully saturated rings. The van der Waals surface area contributed by atoms with E-state index in [0.29, 0.717) is 6.20 Å². The van der Waals surface area contributed by atoms with E-state index < -0.39 is 33.5 Å². The normalized spacial score (nSPS) is 10.6. The molecule has 1 aromatic rings. The standard InChI is InChI=1S/C7H2ClF2IN2O3/c8-5(14)3-2(6(9)10)1-12-7(4(3)11)13(15)16/h1,6H. The predicted molar refractivity (Wildman–Crippen MR) is 58.7 cm³/mol. The van der Waals surface area contributed by atoms with Crippen molar-refractivity contribution >= 4 is 45.3 Å². The smallest absolute Gasteiger partial charge is 0.358 e. The Morgan fingerprint density at radius 3 is 2.56 bits per heavy atom. The molecule has 0 aliphatic carbocycles. The minimum Gasteiger partial charge on any atom is -0.358 e. The van der Waals surface area contributed by atoms with Gasteiger partial charge in [0.25, 0.3) is 11.7 Å². The maximum atomic E-state index is 12.5. The number of alkyl halides is 2. The van der Waals surface area contributed by atoms with E-state index in [4.69, 9.17) is 11.6 Å². The summed E-state index contributed by atoms with van der Waals surface area (Å²) in [5.41, 5.74) is -1.28. The topological polar surface area (TPSA) is 73.1 Å². The molecule has 0 N–H and O–H groups in total. The first-order valence-corrected chi connectivity index (χ1v) is 5.12. The largest absolute Gasteiger partial charge is 0.377 e. The number of nitrogens with zero attached hydrogens (tertiary/aromatic N) is 2. The molecule has 0 amide bonds. The van der Waals surface area contributed by atoms with Crippen molar-refractivity contribution in [3.8, 4) is 0 Å². The van der Waals surface area contributed by atoms with Gasteiger partial charge in [-0.25, -0.2) is 8.78 Å². The number of aromatic nitrogens is 1. The van der Waals surface area contributed by atoms with Crippen molar-refractivity contribution in [2.45, 2.75) is 6.43 Å². The lowest BCUT2D eigenvalue weighted by molar-refractivity contribution is -0.390. The zero-order valence-corrected chi connectivity index (χ0v) is 10.2. The first kappa shape index (κ1) is 13.2. The van der Waals surface area contributed by atoms with Gasteiger partial charge in [-0.05, 0) is 44.1 Å². The van der Waals surface area contributed by atoms with E-state index in [1.165, 1.54) is 22.6 Å². The van der Waals surface area contributed by atoms with Crippen LogP contribution in [-0.4, -0.2) is 15.1 Å². The summed E-state index contributed by atoms with van der Waals surface area (Å²) >= 11 is 6.49. The second kappa shape index (κ2) is 4.95. The summed E-state index contributed by atoms with van der Waals surface area (Å²) in [4.78, 5) is 23.8. The van der Waals surface area contributed by atoms with Crippen LogP contribution < -0.4 is 0 Å². The third-order valence-corrected chi connectivity index (χ3v) is 2.85. The minimum absolute atomic E-state index is 0.291. The van der Waals surface area contributed by atoms with E-state index >= 15 is 0 Å². The molecule has 0 atom stereocenters. The Bertz CT molecular complexity index is 469. The summed E-state index contributed by atoms with van der Waals surface area (Å²) in [6.45, 7) is 0. The Balaban J connectivity index is 3.54. The maximum Gasteiger partial charge on any atom is 0.377 e. The number of nitro groups is 1. The van der Waals surface area contributed by atoms with Gasteiger partial charge in [0.15, 0.2) is 0 Å². The molecule has 86 valence electrons. The average Bonchev–Trinajstić information content (AvgIpc) is 2.15. The van der Waals surface area contributed by atoms with Crippen LogP contribution in [0.1, 0.15) is 22.3 Å². The Labute approximate surface area is 106 Å². The monoisotopic (exact) mass is 362 g/mol. The van der Waals surface area contributed by atoms with E-state index in [0.717, 1.165) is 0 Å². The predicted octanol–water partition coefficient (Wildman–Crippen LogP) is 2.91. The van der Waals surface area contributed by atoms with Crippen molar-refractivity contribution in [2.75, 3.05) is 0 Å². The van der Waals surface area contributed by atoms with Gasteiger partial charge in [0.2, 0.25) is 0 Å². The fourth-order valence-electron chi connectivity index (χ4n) is 0.983. The fraction of sp³-hybridized carbons (Fsp3) is 0.143. The third kappa shape index (κ3) is 2.43. The van der Waals surface area contributed by atoms with Crippen LogP contribution in [0.5, 0.6) is 0 Å². The van der Waals surface area contributed by atoms with Gasteiger partial charge in [0.1, 0.15) is 9.77 Å². The van der Waals surface area contributed by atoms with Gasteiger partial charge in [-0.2, -0.15) is 0 Å². The molecule has 0 aliphatic rings. The van der Waals surface area contributed by atoms with Gasteiger partial charge in [0, 0.05) is 0 Å². The summed E-state index contributed by atoms with van der Waals surface area (Å²) < 4.78 is 24.7. The first-order chi connectivity index (χ1) is 7.36. The van der Waals surface area contributed by atoms with Crippen LogP contribution in [0.2, 0.25) is 0 Å². The lowest BCUT2D eigenvalue weighted by Gasteiger charge is -2.05. The van der Waals surface area contributed by atoms with Gasteiger partial charge in [-0.15, -0.1) is 0 Å². The van der Waals surface area contributed by atoms with Crippen LogP contribution in [0.25, 0.3) is 0 Å². The van der Waals surface area contributed by atoms with Crippen molar-refractivity contribution in [2.24, 2.45) is 0 Å². The lowest BCUT2D eigenvalue weighted by Crippen LogP contribution is -2.07. The van der Waals surface area contributed by atoms with Crippen molar-refractivity contribution in [3.63, 3.8) is 0 Å². The molecule has 0 spiro atoms. The molecule has 0 bridgehead atoms. The summed E-state index contributed by atoms with van der Waals surface area (Å²) in [6, 6.07) is 0. The average molecular weight is 362 g/mol. The van der Waals surface area contributed by atoms with Crippen LogP contribution in [0.3, 0.4) is 0 Å². The fourth-order valence-corrected chi connectivity index (χ4v) is 2.24. The van der Waals surface area contributed by atoms with Crippen LogP contribution in [0.15, 0.2) is 6.20 Å². The zero-order valence-electron chi connectivity index (χ0n) is 7.29. The van der Waals surface area contributed by atoms with Crippen LogP contribution in [0.4, 0.5) is 14.6 Å². The van der Waals surface area contributed by atoms with Crippen LogP contribution in [-0.2, 0) is 0 Å². The molecule has 1 heterocycles. The molecular formula is C7H2ClF2IN2O3. The van der Waals surface area contributed by atoms with Crippen molar-refractivity contribution in [1.82, 2.24) is 4.98 Å². The van der Waals surface area contributed by atoms with E-state index in [2.05, 4.69) is 4.98 Å². The number of carbonyl (C=O) groups is 1. The number of pyridine rings is 1. The van der Waals surface area contributed by atoms with E-state index in [-0.39, 0.29) is 3.57 Å². The van der Waals surface area contributed by atoms with Crippen LogP contribution in [0, 0.1) is 13.7 Å². The minimum atomic E-state index is -2.97. The summed E-state index contributed by atoms with van der Waals surface area (Å²) in [7, 11) is 0. The quantitative estimate of drug-likeness (QED) is 0.359. The van der Waals surface area contributed by atoms with Gasteiger partial charge in [-0.1, -0.05) is 0 Å². The molecule has 16 heavy (non-hydrogen) atoms. The van der Waals surface area contributed by atoms with Gasteiger partial charge < -0.3 is 10.1 Å². The van der Waals surface area contributed by atoms with Crippen molar-refractivity contribution in [3.05, 3.63) is 31.0 Å². The van der Waals surface area contributed by atoms with Crippen molar-refractivity contribution in [1.29, 1.82) is 0 Å². The van der Waals surface area contributed by atoms with Crippen LogP contribution >= 0.6 is 34.2 Å². The number of halogens is 4. The molecular weight excluding hydrogens is 360 g/mol. The van der Waals surface area contributed by atoms with E-state index in [1.54, 1.807) is 0 Å². The summed E-state index contributed by atoms with van der Waals surface area (Å²) in [5, 5.41) is 9.30. The highest BCUT2D eigenvalue weighted by molar-refractivity contribution is 14.1. The second-order valence-corrected chi connectivity index (χ2v) is 3.98. The summed E-state index contributed by atoms with van der Waals surface area (Å²) in [5.74, 6) is -0.672. The molecule has 5 nitrogen and oxygen atoms in total. The Hall–Kier alpha value is -0.900. The Kier molecular flexibility index (Phi) is 4.08. The molecule has 1 aromatic heterocycles. The van der Waals surface area contributed by atoms with E-state index in [9.17, 15) is 23.7 Å². The van der Waals surface area contributed by atoms with Gasteiger partial charge in [0.05, 0.1) is 11.1 Å². The highest BCUT2D eigenvalue weighted by Crippen LogP contribution is 2.31. The highest BCUT2D eigenvalue weighted by atomic mass is 127. The number of rotatable bonds is 3. The molecule has 0 saturated carbocycles.